The predicted octanol–water partition coefficient (Wildman–Crippen LogP) is 3.67. The SMILES string of the molecule is C=CCCC(NC)C1(OCC)CCCCCC1. The Kier molecular flexibility index (Phi) is 6.83. The van der Waals surface area contributed by atoms with Crippen molar-refractivity contribution in [2.45, 2.75) is 69.9 Å². The number of likely N-dealkylation sites (N-methyl/N-ethyl adjacent to an activating group) is 1. The van der Waals surface area contributed by atoms with Crippen LogP contribution in [0.2, 0.25) is 0 Å². The summed E-state index contributed by atoms with van der Waals surface area (Å²) in [6.45, 7) is 6.77. The number of ether oxygens (including phenoxy) is 1. The van der Waals surface area contributed by atoms with E-state index < -0.39 is 0 Å². The minimum atomic E-state index is 0.0724. The highest BCUT2D eigenvalue weighted by Crippen LogP contribution is 2.35. The zero-order valence-corrected chi connectivity index (χ0v) is 11.6. The zero-order valence-electron chi connectivity index (χ0n) is 11.6. The van der Waals surface area contributed by atoms with Crippen LogP contribution in [-0.2, 0) is 4.74 Å². The van der Waals surface area contributed by atoms with E-state index in [1.807, 2.05) is 6.08 Å². The van der Waals surface area contributed by atoms with E-state index in [0.717, 1.165) is 19.4 Å². The van der Waals surface area contributed by atoms with Gasteiger partial charge < -0.3 is 10.1 Å². The minimum Gasteiger partial charge on any atom is -0.374 e. The van der Waals surface area contributed by atoms with Crippen LogP contribution in [-0.4, -0.2) is 25.3 Å². The van der Waals surface area contributed by atoms with Crippen LogP contribution in [0.4, 0.5) is 0 Å². The van der Waals surface area contributed by atoms with Crippen molar-refractivity contribution >= 4 is 0 Å². The molecule has 1 unspecified atom stereocenters. The van der Waals surface area contributed by atoms with Crippen LogP contribution in [0.5, 0.6) is 0 Å². The van der Waals surface area contributed by atoms with Crippen LogP contribution in [0.1, 0.15) is 58.3 Å². The van der Waals surface area contributed by atoms with Gasteiger partial charge >= 0.3 is 0 Å². The van der Waals surface area contributed by atoms with Crippen molar-refractivity contribution in [2.24, 2.45) is 0 Å². The van der Waals surface area contributed by atoms with Crippen molar-refractivity contribution in [2.75, 3.05) is 13.7 Å². The van der Waals surface area contributed by atoms with Gasteiger partial charge in [-0.25, -0.2) is 0 Å². The molecule has 0 amide bonds. The molecular weight excluding hydrogens is 210 g/mol. The Morgan fingerprint density at radius 2 is 1.94 bits per heavy atom. The van der Waals surface area contributed by atoms with Gasteiger partial charge in [0.15, 0.2) is 0 Å². The topological polar surface area (TPSA) is 21.3 Å². The summed E-state index contributed by atoms with van der Waals surface area (Å²) in [5.41, 5.74) is 0.0724. The van der Waals surface area contributed by atoms with E-state index in [1.165, 1.54) is 38.5 Å². The van der Waals surface area contributed by atoms with E-state index in [-0.39, 0.29) is 5.60 Å². The number of allylic oxidation sites excluding steroid dienone is 1. The molecular formula is C15H29NO. The first-order valence-corrected chi connectivity index (χ1v) is 7.21. The number of nitrogens with one attached hydrogen (secondary N) is 1. The molecule has 0 aliphatic heterocycles. The van der Waals surface area contributed by atoms with E-state index >= 15 is 0 Å². The molecule has 1 aliphatic rings. The minimum absolute atomic E-state index is 0.0724. The van der Waals surface area contributed by atoms with Gasteiger partial charge in [0.05, 0.1) is 5.60 Å². The lowest BCUT2D eigenvalue weighted by Crippen LogP contribution is -2.51. The van der Waals surface area contributed by atoms with Gasteiger partial charge in [0.2, 0.25) is 0 Å². The maximum atomic E-state index is 6.20. The Bertz CT molecular complexity index is 207. The lowest BCUT2D eigenvalue weighted by atomic mass is 9.83. The first-order valence-electron chi connectivity index (χ1n) is 7.21. The van der Waals surface area contributed by atoms with Gasteiger partial charge in [-0.3, -0.25) is 0 Å². The third-order valence-corrected chi connectivity index (χ3v) is 4.02. The lowest BCUT2D eigenvalue weighted by Gasteiger charge is -2.40. The summed E-state index contributed by atoms with van der Waals surface area (Å²) in [5.74, 6) is 0. The molecule has 0 spiro atoms. The third kappa shape index (κ3) is 4.11. The lowest BCUT2D eigenvalue weighted by molar-refractivity contribution is -0.0768. The maximum absolute atomic E-state index is 6.20. The molecule has 1 N–H and O–H groups in total. The van der Waals surface area contributed by atoms with Crippen molar-refractivity contribution in [1.29, 1.82) is 0 Å². The summed E-state index contributed by atoms with van der Waals surface area (Å²) >= 11 is 0. The molecule has 1 rings (SSSR count). The largest absolute Gasteiger partial charge is 0.374 e. The first kappa shape index (κ1) is 14.7. The molecule has 0 saturated heterocycles. The smallest absolute Gasteiger partial charge is 0.0834 e. The van der Waals surface area contributed by atoms with E-state index in [0.29, 0.717) is 6.04 Å². The first-order chi connectivity index (χ1) is 8.29. The van der Waals surface area contributed by atoms with Crippen molar-refractivity contribution in [3.8, 4) is 0 Å². The van der Waals surface area contributed by atoms with E-state index in [2.05, 4.69) is 25.9 Å². The highest BCUT2D eigenvalue weighted by atomic mass is 16.5. The molecule has 0 aromatic rings. The standard InChI is InChI=1S/C15H29NO/c1-4-6-11-14(16-3)15(17-5-2)12-9-7-8-10-13-15/h4,14,16H,1,5-13H2,2-3H3. The molecule has 1 saturated carbocycles. The van der Waals surface area contributed by atoms with Crippen LogP contribution < -0.4 is 5.32 Å². The average molecular weight is 239 g/mol. The Labute approximate surface area is 107 Å². The van der Waals surface area contributed by atoms with E-state index in [4.69, 9.17) is 4.74 Å². The van der Waals surface area contributed by atoms with Gasteiger partial charge in [-0.2, -0.15) is 0 Å². The highest BCUT2D eigenvalue weighted by Gasteiger charge is 2.38. The second-order valence-electron chi connectivity index (χ2n) is 5.12. The molecule has 0 radical (unpaired) electrons. The summed E-state index contributed by atoms with van der Waals surface area (Å²) in [6.07, 6.45) is 12.0. The Morgan fingerprint density at radius 3 is 2.41 bits per heavy atom. The molecule has 0 heterocycles. The summed E-state index contributed by atoms with van der Waals surface area (Å²) in [6, 6.07) is 0.471. The van der Waals surface area contributed by atoms with Gasteiger partial charge in [-0.05, 0) is 39.7 Å². The molecule has 1 atom stereocenters. The van der Waals surface area contributed by atoms with Gasteiger partial charge in [-0.1, -0.05) is 31.8 Å². The highest BCUT2D eigenvalue weighted by molar-refractivity contribution is 4.95. The maximum Gasteiger partial charge on any atom is 0.0834 e. The van der Waals surface area contributed by atoms with Crippen molar-refractivity contribution in [3.63, 3.8) is 0 Å². The Hall–Kier alpha value is -0.340. The van der Waals surface area contributed by atoms with Crippen molar-refractivity contribution in [3.05, 3.63) is 12.7 Å². The van der Waals surface area contributed by atoms with E-state index in [9.17, 15) is 0 Å². The molecule has 100 valence electrons. The normalized spacial score (nSPS) is 21.8. The van der Waals surface area contributed by atoms with E-state index in [1.54, 1.807) is 0 Å². The molecule has 2 nitrogen and oxygen atoms in total. The monoisotopic (exact) mass is 239 g/mol. The van der Waals surface area contributed by atoms with Crippen LogP contribution in [0.25, 0.3) is 0 Å². The van der Waals surface area contributed by atoms with Crippen molar-refractivity contribution in [1.82, 2.24) is 5.32 Å². The van der Waals surface area contributed by atoms with Crippen LogP contribution >= 0.6 is 0 Å². The number of hydrogen-bond donors (Lipinski definition) is 1. The fraction of sp³-hybridized carbons (Fsp3) is 0.867. The second kappa shape index (κ2) is 7.88. The Morgan fingerprint density at radius 1 is 1.29 bits per heavy atom. The summed E-state index contributed by atoms with van der Waals surface area (Å²) in [5, 5.41) is 3.49. The molecule has 1 fully saturated rings. The van der Waals surface area contributed by atoms with Crippen molar-refractivity contribution < 1.29 is 4.74 Å². The fourth-order valence-corrected chi connectivity index (χ4v) is 3.16. The number of rotatable bonds is 7. The summed E-state index contributed by atoms with van der Waals surface area (Å²) in [4.78, 5) is 0. The van der Waals surface area contributed by atoms with Gasteiger partial charge in [-0.15, -0.1) is 6.58 Å². The van der Waals surface area contributed by atoms with Gasteiger partial charge in [0, 0.05) is 12.6 Å². The zero-order chi connectivity index (χ0) is 12.6. The summed E-state index contributed by atoms with van der Waals surface area (Å²) < 4.78 is 6.20. The molecule has 17 heavy (non-hydrogen) atoms. The quantitative estimate of drug-likeness (QED) is 0.540. The molecule has 2 heteroatoms. The molecule has 0 bridgehead atoms. The summed E-state index contributed by atoms with van der Waals surface area (Å²) in [7, 11) is 2.07. The molecule has 0 aromatic carbocycles. The molecule has 0 aromatic heterocycles. The van der Waals surface area contributed by atoms with Crippen LogP contribution in [0.15, 0.2) is 12.7 Å². The fourth-order valence-electron chi connectivity index (χ4n) is 3.16. The number of hydrogen-bond acceptors (Lipinski definition) is 2. The van der Waals surface area contributed by atoms with Crippen LogP contribution in [0.3, 0.4) is 0 Å². The van der Waals surface area contributed by atoms with Gasteiger partial charge in [0.1, 0.15) is 0 Å². The second-order valence-corrected chi connectivity index (χ2v) is 5.12. The van der Waals surface area contributed by atoms with Crippen LogP contribution in [0, 0.1) is 0 Å². The predicted molar refractivity (Wildman–Crippen MR) is 74.3 cm³/mol. The Balaban J connectivity index is 2.73. The molecule has 1 aliphatic carbocycles. The van der Waals surface area contributed by atoms with Gasteiger partial charge in [0.25, 0.3) is 0 Å². The average Bonchev–Trinajstić information content (AvgIpc) is 2.57. The third-order valence-electron chi connectivity index (χ3n) is 4.02.